The summed E-state index contributed by atoms with van der Waals surface area (Å²) in [5.41, 5.74) is -2.00. The van der Waals surface area contributed by atoms with Gasteiger partial charge in [-0.1, -0.05) is 11.6 Å². The Hall–Kier alpha value is -3.40. The van der Waals surface area contributed by atoms with Crippen LogP contribution in [0.5, 0.6) is 0 Å². The van der Waals surface area contributed by atoms with Gasteiger partial charge in [0.05, 0.1) is 34.0 Å². The molecule has 1 saturated heterocycles. The van der Waals surface area contributed by atoms with Crippen molar-refractivity contribution >= 4 is 45.0 Å². The van der Waals surface area contributed by atoms with Crippen molar-refractivity contribution in [1.29, 1.82) is 0 Å². The number of nitrogens with zero attached hydrogens (tertiary/aromatic N) is 1. The molecule has 4 atom stereocenters. The molecule has 3 amide bonds. The molecule has 2 saturated carbocycles. The first-order valence-corrected chi connectivity index (χ1v) is 16.1. The minimum atomic E-state index is -4.16. The van der Waals surface area contributed by atoms with Gasteiger partial charge in [0.1, 0.15) is 6.04 Å². The SMILES string of the molecule is COC(=O)N1CC[C@H](O)[C@H]1C(=O)NCC1(O)C2CCC1CC(S(=O)(=O)c1cc(C(=O)Nc3cc(F)c(F)c(F)c3)ccc1Cl)C2. The number of ether oxygens (including phenoxy) is 1. The number of amides is 3. The molecule has 1 heterocycles. The van der Waals surface area contributed by atoms with Crippen LogP contribution in [-0.4, -0.2) is 84.6 Å². The molecule has 5 rings (SSSR count). The van der Waals surface area contributed by atoms with Crippen molar-refractivity contribution in [3.63, 3.8) is 0 Å². The van der Waals surface area contributed by atoms with E-state index in [0.29, 0.717) is 25.0 Å². The van der Waals surface area contributed by atoms with Gasteiger partial charge in [-0.05, 0) is 62.1 Å². The van der Waals surface area contributed by atoms with E-state index < -0.39 is 80.0 Å². The molecule has 244 valence electrons. The second-order valence-electron chi connectivity index (χ2n) is 11.6. The van der Waals surface area contributed by atoms with Gasteiger partial charge in [-0.25, -0.2) is 26.4 Å². The minimum absolute atomic E-state index is 0.0342. The van der Waals surface area contributed by atoms with Gasteiger partial charge in [0.15, 0.2) is 27.3 Å². The lowest BCUT2D eigenvalue weighted by atomic mass is 9.74. The molecular formula is C29H31ClF3N3O8S. The first kappa shape index (κ1) is 33.0. The largest absolute Gasteiger partial charge is 0.453 e. The number of aliphatic hydroxyl groups excluding tert-OH is 1. The molecule has 0 aromatic heterocycles. The summed E-state index contributed by atoms with van der Waals surface area (Å²) in [5.74, 6) is -7.36. The van der Waals surface area contributed by atoms with Crippen molar-refractivity contribution in [1.82, 2.24) is 10.2 Å². The van der Waals surface area contributed by atoms with Gasteiger partial charge in [-0.15, -0.1) is 0 Å². The zero-order valence-corrected chi connectivity index (χ0v) is 25.5. The fraction of sp³-hybridized carbons (Fsp3) is 0.483. The van der Waals surface area contributed by atoms with E-state index in [2.05, 4.69) is 15.4 Å². The summed E-state index contributed by atoms with van der Waals surface area (Å²) in [6, 6.07) is 3.44. The number of methoxy groups -OCH3 is 1. The zero-order chi connectivity index (χ0) is 32.8. The maximum atomic E-state index is 13.8. The summed E-state index contributed by atoms with van der Waals surface area (Å²) in [6.45, 7) is -0.0943. The van der Waals surface area contributed by atoms with Gasteiger partial charge in [0, 0.05) is 36.5 Å². The Morgan fingerprint density at radius 2 is 1.69 bits per heavy atom. The van der Waals surface area contributed by atoms with E-state index in [1.54, 1.807) is 0 Å². The molecule has 4 N–H and O–H groups in total. The predicted molar refractivity (Wildman–Crippen MR) is 154 cm³/mol. The third-order valence-corrected chi connectivity index (χ3v) is 11.8. The van der Waals surface area contributed by atoms with Gasteiger partial charge in [0.2, 0.25) is 5.91 Å². The third-order valence-electron chi connectivity index (χ3n) is 9.14. The lowest BCUT2D eigenvalue weighted by molar-refractivity contribution is -0.130. The number of nitrogens with one attached hydrogen (secondary N) is 2. The first-order valence-electron chi connectivity index (χ1n) is 14.2. The van der Waals surface area contributed by atoms with E-state index in [-0.39, 0.29) is 53.5 Å². The Labute approximate surface area is 261 Å². The summed E-state index contributed by atoms with van der Waals surface area (Å²) in [6.07, 6.45) is -0.656. The number of aliphatic hydroxyl groups is 2. The Kier molecular flexibility index (Phi) is 9.10. The van der Waals surface area contributed by atoms with Gasteiger partial charge in [-0.3, -0.25) is 14.5 Å². The van der Waals surface area contributed by atoms with E-state index in [1.807, 2.05) is 0 Å². The van der Waals surface area contributed by atoms with Crippen LogP contribution in [0.1, 0.15) is 42.5 Å². The van der Waals surface area contributed by atoms with Crippen LogP contribution in [0.4, 0.5) is 23.7 Å². The number of hydrogen-bond donors (Lipinski definition) is 4. The molecule has 2 aromatic carbocycles. The monoisotopic (exact) mass is 673 g/mol. The van der Waals surface area contributed by atoms with Crippen LogP contribution in [0.15, 0.2) is 35.2 Å². The van der Waals surface area contributed by atoms with Crippen molar-refractivity contribution in [2.24, 2.45) is 11.8 Å². The maximum absolute atomic E-state index is 13.8. The third kappa shape index (κ3) is 6.10. The molecule has 2 aliphatic carbocycles. The number of carbonyl (C=O) groups is 3. The van der Waals surface area contributed by atoms with Crippen LogP contribution in [0, 0.1) is 29.3 Å². The van der Waals surface area contributed by atoms with E-state index in [9.17, 15) is 46.2 Å². The molecule has 2 aromatic rings. The highest BCUT2D eigenvalue weighted by atomic mass is 35.5. The Balaban J connectivity index is 1.29. The number of likely N-dealkylation sites (tertiary alicyclic amines) is 1. The van der Waals surface area contributed by atoms with Crippen LogP contribution in [0.25, 0.3) is 0 Å². The summed E-state index contributed by atoms with van der Waals surface area (Å²) < 4.78 is 72.8. The fourth-order valence-electron chi connectivity index (χ4n) is 6.77. The molecule has 2 unspecified atom stereocenters. The van der Waals surface area contributed by atoms with Gasteiger partial charge in [-0.2, -0.15) is 0 Å². The van der Waals surface area contributed by atoms with Crippen molar-refractivity contribution in [2.45, 2.75) is 60.0 Å². The number of sulfone groups is 1. The Morgan fingerprint density at radius 1 is 1.07 bits per heavy atom. The van der Waals surface area contributed by atoms with Crippen LogP contribution in [0.2, 0.25) is 5.02 Å². The number of fused-ring (bicyclic) bond motifs is 2. The normalized spacial score (nSPS) is 27.7. The van der Waals surface area contributed by atoms with Crippen molar-refractivity contribution in [2.75, 3.05) is 25.5 Å². The lowest BCUT2D eigenvalue weighted by Crippen LogP contribution is -2.58. The van der Waals surface area contributed by atoms with Crippen LogP contribution < -0.4 is 10.6 Å². The number of rotatable bonds is 7. The summed E-state index contributed by atoms with van der Waals surface area (Å²) in [5, 5.41) is 25.6. The maximum Gasteiger partial charge on any atom is 0.410 e. The smallest absolute Gasteiger partial charge is 0.410 e. The summed E-state index contributed by atoms with van der Waals surface area (Å²) >= 11 is 6.27. The highest BCUT2D eigenvalue weighted by Crippen LogP contribution is 2.52. The average molecular weight is 674 g/mol. The number of benzene rings is 2. The average Bonchev–Trinajstić information content (AvgIpc) is 3.41. The minimum Gasteiger partial charge on any atom is -0.453 e. The zero-order valence-electron chi connectivity index (χ0n) is 23.9. The van der Waals surface area contributed by atoms with Crippen LogP contribution in [0.3, 0.4) is 0 Å². The van der Waals surface area contributed by atoms with Crippen LogP contribution >= 0.6 is 11.6 Å². The molecule has 0 spiro atoms. The highest BCUT2D eigenvalue weighted by molar-refractivity contribution is 7.92. The van der Waals surface area contributed by atoms with Crippen molar-refractivity contribution < 1.29 is 50.9 Å². The molecule has 16 heteroatoms. The van der Waals surface area contributed by atoms with Gasteiger partial charge < -0.3 is 25.6 Å². The van der Waals surface area contributed by atoms with Gasteiger partial charge >= 0.3 is 6.09 Å². The molecule has 3 aliphatic rings. The van der Waals surface area contributed by atoms with E-state index in [0.717, 1.165) is 18.1 Å². The topological polar surface area (TPSA) is 162 Å². The number of carbonyl (C=O) groups excluding carboxylic acids is 3. The molecular weight excluding hydrogens is 643 g/mol. The number of hydrogen-bond acceptors (Lipinski definition) is 8. The van der Waals surface area contributed by atoms with E-state index in [1.165, 1.54) is 12.1 Å². The van der Waals surface area contributed by atoms with Crippen molar-refractivity contribution in [3.05, 3.63) is 58.4 Å². The van der Waals surface area contributed by atoms with E-state index in [4.69, 9.17) is 11.6 Å². The molecule has 0 radical (unpaired) electrons. The number of anilines is 1. The van der Waals surface area contributed by atoms with Crippen molar-refractivity contribution in [3.8, 4) is 0 Å². The van der Waals surface area contributed by atoms with Gasteiger partial charge in [0.25, 0.3) is 5.91 Å². The second-order valence-corrected chi connectivity index (χ2v) is 14.2. The fourth-order valence-corrected chi connectivity index (χ4v) is 9.17. The molecule has 1 aliphatic heterocycles. The van der Waals surface area contributed by atoms with E-state index >= 15 is 0 Å². The molecule has 3 fully saturated rings. The summed E-state index contributed by atoms with van der Waals surface area (Å²) in [4.78, 5) is 38.6. The molecule has 2 bridgehead atoms. The highest BCUT2D eigenvalue weighted by Gasteiger charge is 2.56. The Morgan fingerprint density at radius 3 is 2.29 bits per heavy atom. The Bertz CT molecular complexity index is 1610. The standard InChI is InChI=1S/C29H31ClF3N3O8S/c1-44-28(40)36-7-6-22(37)25(36)27(39)34-13-29(41)15-3-4-16(29)10-18(9-15)45(42,43)23-8-14(2-5-19(23)30)26(38)35-17-11-20(31)24(33)21(32)12-17/h2,5,8,11-12,15-16,18,22,25,37,41H,3-4,6-7,9-10,13H2,1H3,(H,34,39)(H,35,38)/t15?,16?,18?,22-,25-,29?/m0/s1. The van der Waals surface area contributed by atoms with Crippen LogP contribution in [-0.2, 0) is 19.4 Å². The number of halogens is 4. The first-order chi connectivity index (χ1) is 21.2. The molecule has 11 nitrogen and oxygen atoms in total. The second kappa shape index (κ2) is 12.4. The molecule has 45 heavy (non-hydrogen) atoms. The lowest BCUT2D eigenvalue weighted by Gasteiger charge is -2.42. The quantitative estimate of drug-likeness (QED) is 0.326. The summed E-state index contributed by atoms with van der Waals surface area (Å²) in [7, 11) is -3.00. The predicted octanol–water partition coefficient (Wildman–Crippen LogP) is 3.02.